The molecule has 3 heterocycles. The number of nitrogens with two attached hydrogens (primary N) is 1. The van der Waals surface area contributed by atoms with E-state index in [0.29, 0.717) is 12.1 Å². The highest BCUT2D eigenvalue weighted by molar-refractivity contribution is 5.79. The lowest BCUT2D eigenvalue weighted by molar-refractivity contribution is 0.624. The standard InChI is InChI=1S/C12H10FN5/c13-9-2-10-8(5-15-11(10)16-6-9)1-7-3-17-12(14)18-4-7/h2-6H,1H2,(H,15,16)(H2,14,17,18). The van der Waals surface area contributed by atoms with E-state index in [1.807, 2.05) is 6.20 Å². The predicted molar refractivity (Wildman–Crippen MR) is 65.3 cm³/mol. The third-order valence-corrected chi connectivity index (χ3v) is 2.70. The van der Waals surface area contributed by atoms with Crippen LogP contribution in [-0.2, 0) is 6.42 Å². The summed E-state index contributed by atoms with van der Waals surface area (Å²) in [6.45, 7) is 0. The minimum Gasteiger partial charge on any atom is -0.368 e. The van der Waals surface area contributed by atoms with Crippen LogP contribution in [0.25, 0.3) is 11.0 Å². The normalized spacial score (nSPS) is 10.9. The number of fused-ring (bicyclic) bond motifs is 1. The van der Waals surface area contributed by atoms with Crippen LogP contribution in [-0.4, -0.2) is 19.9 Å². The van der Waals surface area contributed by atoms with Gasteiger partial charge in [-0.25, -0.2) is 19.3 Å². The first-order valence-corrected chi connectivity index (χ1v) is 5.40. The summed E-state index contributed by atoms with van der Waals surface area (Å²) in [4.78, 5) is 14.8. The molecule has 18 heavy (non-hydrogen) atoms. The molecule has 0 aliphatic rings. The number of rotatable bonds is 2. The number of halogens is 1. The summed E-state index contributed by atoms with van der Waals surface area (Å²) in [5.74, 6) is -0.109. The minimum absolute atomic E-state index is 0.241. The van der Waals surface area contributed by atoms with Gasteiger partial charge < -0.3 is 10.7 Å². The highest BCUT2D eigenvalue weighted by Gasteiger charge is 2.07. The molecule has 3 aromatic rings. The molecule has 90 valence electrons. The van der Waals surface area contributed by atoms with Crippen LogP contribution in [0.3, 0.4) is 0 Å². The molecule has 0 spiro atoms. The van der Waals surface area contributed by atoms with Crippen LogP contribution >= 0.6 is 0 Å². The van der Waals surface area contributed by atoms with E-state index in [4.69, 9.17) is 5.73 Å². The lowest BCUT2D eigenvalue weighted by Crippen LogP contribution is -1.96. The van der Waals surface area contributed by atoms with Crippen LogP contribution < -0.4 is 5.73 Å². The Hall–Kier alpha value is -2.50. The van der Waals surface area contributed by atoms with Crippen LogP contribution in [0.15, 0.2) is 30.9 Å². The minimum atomic E-state index is -0.350. The lowest BCUT2D eigenvalue weighted by Gasteiger charge is -1.99. The zero-order valence-electron chi connectivity index (χ0n) is 9.39. The lowest BCUT2D eigenvalue weighted by atomic mass is 10.1. The topological polar surface area (TPSA) is 80.5 Å². The van der Waals surface area contributed by atoms with Gasteiger partial charge in [0.05, 0.1) is 6.20 Å². The second-order valence-electron chi connectivity index (χ2n) is 3.99. The average Bonchev–Trinajstić information content (AvgIpc) is 2.75. The summed E-state index contributed by atoms with van der Waals surface area (Å²) in [5.41, 5.74) is 7.95. The Morgan fingerprint density at radius 1 is 1.17 bits per heavy atom. The van der Waals surface area contributed by atoms with E-state index >= 15 is 0 Å². The third-order valence-electron chi connectivity index (χ3n) is 2.70. The second-order valence-corrected chi connectivity index (χ2v) is 3.99. The smallest absolute Gasteiger partial charge is 0.219 e. The van der Waals surface area contributed by atoms with Gasteiger partial charge in [0.15, 0.2) is 0 Å². The van der Waals surface area contributed by atoms with Crippen molar-refractivity contribution in [3.63, 3.8) is 0 Å². The number of nitrogen functional groups attached to an aromatic ring is 1. The van der Waals surface area contributed by atoms with Crippen LogP contribution in [0, 0.1) is 5.82 Å². The van der Waals surface area contributed by atoms with E-state index in [0.717, 1.165) is 16.5 Å². The van der Waals surface area contributed by atoms with Gasteiger partial charge in [-0.2, -0.15) is 0 Å². The Balaban J connectivity index is 1.99. The number of aromatic nitrogens is 4. The number of nitrogens with zero attached hydrogens (tertiary/aromatic N) is 3. The van der Waals surface area contributed by atoms with E-state index in [1.54, 1.807) is 12.4 Å². The van der Waals surface area contributed by atoms with E-state index < -0.39 is 0 Å². The van der Waals surface area contributed by atoms with Crippen molar-refractivity contribution in [2.24, 2.45) is 0 Å². The van der Waals surface area contributed by atoms with Gasteiger partial charge in [0.2, 0.25) is 5.95 Å². The molecule has 0 radical (unpaired) electrons. The average molecular weight is 243 g/mol. The van der Waals surface area contributed by atoms with E-state index in [9.17, 15) is 4.39 Å². The number of anilines is 1. The quantitative estimate of drug-likeness (QED) is 0.717. The van der Waals surface area contributed by atoms with Crippen molar-refractivity contribution in [1.82, 2.24) is 19.9 Å². The van der Waals surface area contributed by atoms with Crippen LogP contribution in [0.1, 0.15) is 11.1 Å². The van der Waals surface area contributed by atoms with Crippen molar-refractivity contribution in [2.45, 2.75) is 6.42 Å². The Morgan fingerprint density at radius 2 is 1.94 bits per heavy atom. The maximum absolute atomic E-state index is 13.2. The molecule has 3 rings (SSSR count). The Labute approximate surface area is 102 Å². The number of hydrogen-bond acceptors (Lipinski definition) is 4. The van der Waals surface area contributed by atoms with Gasteiger partial charge in [0, 0.05) is 30.4 Å². The maximum Gasteiger partial charge on any atom is 0.219 e. The van der Waals surface area contributed by atoms with E-state index in [1.165, 1.54) is 12.3 Å². The molecule has 0 saturated carbocycles. The van der Waals surface area contributed by atoms with Gasteiger partial charge in [-0.1, -0.05) is 0 Å². The van der Waals surface area contributed by atoms with Crippen LogP contribution in [0.5, 0.6) is 0 Å². The van der Waals surface area contributed by atoms with Gasteiger partial charge in [0.25, 0.3) is 0 Å². The highest BCUT2D eigenvalue weighted by atomic mass is 19.1. The molecule has 0 bridgehead atoms. The summed E-state index contributed by atoms with van der Waals surface area (Å²) < 4.78 is 13.2. The number of H-pyrrole nitrogens is 1. The zero-order chi connectivity index (χ0) is 12.5. The van der Waals surface area contributed by atoms with Gasteiger partial charge >= 0.3 is 0 Å². The number of nitrogens with one attached hydrogen (secondary N) is 1. The summed E-state index contributed by atoms with van der Waals surface area (Å²) in [6, 6.07) is 1.46. The summed E-state index contributed by atoms with van der Waals surface area (Å²) >= 11 is 0. The van der Waals surface area contributed by atoms with Crippen molar-refractivity contribution in [3.05, 3.63) is 47.8 Å². The van der Waals surface area contributed by atoms with Gasteiger partial charge in [-0.15, -0.1) is 0 Å². The van der Waals surface area contributed by atoms with Gasteiger partial charge in [-0.05, 0) is 17.2 Å². The van der Waals surface area contributed by atoms with E-state index in [2.05, 4.69) is 19.9 Å². The third kappa shape index (κ3) is 1.88. The molecule has 6 heteroatoms. The van der Waals surface area contributed by atoms with Crippen LogP contribution in [0.4, 0.5) is 10.3 Å². The Kier molecular flexibility index (Phi) is 2.40. The van der Waals surface area contributed by atoms with E-state index in [-0.39, 0.29) is 11.8 Å². The molecular formula is C12H10FN5. The fourth-order valence-electron chi connectivity index (χ4n) is 1.85. The van der Waals surface area contributed by atoms with Crippen LogP contribution in [0.2, 0.25) is 0 Å². The fourth-order valence-corrected chi connectivity index (χ4v) is 1.85. The molecule has 0 aromatic carbocycles. The van der Waals surface area contributed by atoms with Crippen molar-refractivity contribution in [3.8, 4) is 0 Å². The fraction of sp³-hybridized carbons (Fsp3) is 0.0833. The maximum atomic E-state index is 13.2. The molecule has 0 amide bonds. The molecular weight excluding hydrogens is 233 g/mol. The monoisotopic (exact) mass is 243 g/mol. The summed E-state index contributed by atoms with van der Waals surface area (Å²) in [6.07, 6.45) is 6.93. The van der Waals surface area contributed by atoms with Gasteiger partial charge in [0.1, 0.15) is 11.5 Å². The molecule has 0 unspecified atom stereocenters. The van der Waals surface area contributed by atoms with Gasteiger partial charge in [-0.3, -0.25) is 0 Å². The van der Waals surface area contributed by atoms with Crippen molar-refractivity contribution in [2.75, 3.05) is 5.73 Å². The molecule has 0 aliphatic carbocycles. The Morgan fingerprint density at radius 3 is 2.72 bits per heavy atom. The number of pyridine rings is 1. The molecule has 0 saturated heterocycles. The first kappa shape index (κ1) is 10.6. The van der Waals surface area contributed by atoms with Crippen molar-refractivity contribution >= 4 is 17.0 Å². The largest absolute Gasteiger partial charge is 0.368 e. The molecule has 0 aliphatic heterocycles. The molecule has 0 fully saturated rings. The first-order chi connectivity index (χ1) is 8.72. The molecule has 3 aromatic heterocycles. The first-order valence-electron chi connectivity index (χ1n) is 5.40. The Bertz CT molecular complexity index is 689. The molecule has 3 N–H and O–H groups in total. The molecule has 5 nitrogen and oxygen atoms in total. The number of aromatic amines is 1. The van der Waals surface area contributed by atoms with Crippen molar-refractivity contribution < 1.29 is 4.39 Å². The summed E-state index contributed by atoms with van der Waals surface area (Å²) in [5, 5.41) is 0.770. The number of hydrogen-bond donors (Lipinski definition) is 2. The SMILES string of the molecule is Nc1ncc(Cc2c[nH]c3ncc(F)cc23)cn1. The predicted octanol–water partition coefficient (Wildman–Crippen LogP) is 1.67. The molecule has 0 atom stereocenters. The zero-order valence-corrected chi connectivity index (χ0v) is 9.39. The second kappa shape index (κ2) is 4.06. The van der Waals surface area contributed by atoms with Crippen molar-refractivity contribution in [1.29, 1.82) is 0 Å². The summed E-state index contributed by atoms with van der Waals surface area (Å²) in [7, 11) is 0. The highest BCUT2D eigenvalue weighted by Crippen LogP contribution is 2.19.